The fraction of sp³-hybridized carbons (Fsp3) is 0.440. The van der Waals surface area contributed by atoms with Crippen molar-refractivity contribution < 1.29 is 28.2 Å². The first-order valence-corrected chi connectivity index (χ1v) is 14.9. The van der Waals surface area contributed by atoms with E-state index in [1.165, 1.54) is 11.9 Å². The normalized spacial score (nSPS) is 18.2. The lowest BCUT2D eigenvalue weighted by Gasteiger charge is -2.27. The van der Waals surface area contributed by atoms with Crippen LogP contribution in [0.2, 0.25) is 0 Å². The number of thiazole rings is 1. The molecule has 2 N–H and O–H groups in total. The molecule has 1 fully saturated rings. The fourth-order valence-corrected chi connectivity index (χ4v) is 6.05. The van der Waals surface area contributed by atoms with Gasteiger partial charge in [0.2, 0.25) is 10.0 Å². The minimum atomic E-state index is -3.49. The predicted octanol–water partition coefficient (Wildman–Crippen LogP) is 1.87. The van der Waals surface area contributed by atoms with E-state index in [0.29, 0.717) is 25.1 Å². The third-order valence-corrected chi connectivity index (χ3v) is 8.99. The number of hydrogen-bond acceptors (Lipinski definition) is 9. The van der Waals surface area contributed by atoms with Crippen molar-refractivity contribution in [2.24, 2.45) is 0 Å². The van der Waals surface area contributed by atoms with Crippen molar-refractivity contribution in [3.05, 3.63) is 59.4 Å². The van der Waals surface area contributed by atoms with Gasteiger partial charge in [-0.1, -0.05) is 19.1 Å². The second-order valence-corrected chi connectivity index (χ2v) is 12.3. The summed E-state index contributed by atoms with van der Waals surface area (Å²) in [6.45, 7) is 2.17. The molecular weight excluding hydrogens is 530 g/mol. The molecule has 11 nitrogen and oxygen atoms in total. The summed E-state index contributed by atoms with van der Waals surface area (Å²) in [7, 11) is -2.09. The van der Waals surface area contributed by atoms with E-state index < -0.39 is 40.0 Å². The van der Waals surface area contributed by atoms with Gasteiger partial charge < -0.3 is 15.1 Å². The minimum absolute atomic E-state index is 0.0523. The van der Waals surface area contributed by atoms with Gasteiger partial charge in [0.1, 0.15) is 6.10 Å². The number of aliphatic hydroxyl groups is 2. The number of benzene rings is 1. The summed E-state index contributed by atoms with van der Waals surface area (Å²) in [4.78, 5) is 31.7. The van der Waals surface area contributed by atoms with Gasteiger partial charge in [-0.05, 0) is 42.5 Å². The van der Waals surface area contributed by atoms with Gasteiger partial charge in [-0.15, -0.1) is 11.3 Å². The topological polar surface area (TPSA) is 146 Å². The van der Waals surface area contributed by atoms with Crippen molar-refractivity contribution >= 4 is 38.2 Å². The molecular formula is C25H31N5O6S2. The highest BCUT2D eigenvalue weighted by atomic mass is 32.2. The maximum atomic E-state index is 13.1. The Labute approximate surface area is 225 Å². The van der Waals surface area contributed by atoms with Crippen LogP contribution in [0, 0.1) is 0 Å². The van der Waals surface area contributed by atoms with Crippen molar-refractivity contribution in [3.63, 3.8) is 0 Å². The second kappa shape index (κ2) is 11.3. The number of ketones is 1. The molecule has 0 aliphatic carbocycles. The van der Waals surface area contributed by atoms with E-state index in [0.717, 1.165) is 33.1 Å². The molecule has 0 saturated carbocycles. The lowest BCUT2D eigenvalue weighted by molar-refractivity contribution is -0.153. The third kappa shape index (κ3) is 5.96. The second-order valence-electron chi connectivity index (χ2n) is 9.48. The third-order valence-electron chi connectivity index (χ3n) is 6.77. The molecule has 1 aliphatic rings. The molecule has 2 aromatic heterocycles. The van der Waals surface area contributed by atoms with Gasteiger partial charge in [-0.3, -0.25) is 9.59 Å². The molecule has 0 spiro atoms. The van der Waals surface area contributed by atoms with E-state index in [2.05, 4.69) is 10.1 Å². The standard InChI is InChI=1S/C25H31N5O6S2/c1-16(17-7-9-18(10-8-17)30-13-5-11-26-30)14-21(31)22(32)23(33)24(34)29-12-4-6-20(29)19-15-37-25(27-19)28(2)38(3,35)36/h5,7-11,13,15-16,20,22-23,32-33H,4,6,12,14H2,1-3H3/t16-,20+,22-,23+/m0/s1. The molecule has 0 radical (unpaired) electrons. The molecule has 4 atom stereocenters. The van der Waals surface area contributed by atoms with Crippen LogP contribution in [0.25, 0.3) is 5.69 Å². The largest absolute Gasteiger partial charge is 0.382 e. The Morgan fingerprint density at radius 3 is 2.55 bits per heavy atom. The number of likely N-dealkylation sites (tertiary alicyclic amines) is 1. The lowest BCUT2D eigenvalue weighted by atomic mass is 9.92. The number of aromatic nitrogens is 3. The predicted molar refractivity (Wildman–Crippen MR) is 143 cm³/mol. The number of carbonyl (C=O) groups is 2. The molecule has 3 aromatic rings. The van der Waals surface area contributed by atoms with Crippen LogP contribution in [-0.2, 0) is 19.6 Å². The summed E-state index contributed by atoms with van der Waals surface area (Å²) in [6.07, 6.45) is 1.97. The Balaban J connectivity index is 1.38. The summed E-state index contributed by atoms with van der Waals surface area (Å²) >= 11 is 1.14. The summed E-state index contributed by atoms with van der Waals surface area (Å²) in [5.41, 5.74) is 2.25. The Hall–Kier alpha value is -3.13. The first-order chi connectivity index (χ1) is 18.0. The van der Waals surface area contributed by atoms with Crippen LogP contribution in [0.1, 0.15) is 49.4 Å². The van der Waals surface area contributed by atoms with Crippen LogP contribution in [0.5, 0.6) is 0 Å². The van der Waals surface area contributed by atoms with Gasteiger partial charge in [-0.2, -0.15) is 5.10 Å². The molecule has 0 bridgehead atoms. The van der Waals surface area contributed by atoms with E-state index in [9.17, 15) is 28.2 Å². The number of carbonyl (C=O) groups excluding carboxylic acids is 2. The highest BCUT2D eigenvalue weighted by molar-refractivity contribution is 7.92. The van der Waals surface area contributed by atoms with Gasteiger partial charge in [0, 0.05) is 37.8 Å². The van der Waals surface area contributed by atoms with Crippen LogP contribution in [-0.4, -0.2) is 82.0 Å². The van der Waals surface area contributed by atoms with E-state index >= 15 is 0 Å². The van der Waals surface area contributed by atoms with Gasteiger partial charge in [0.15, 0.2) is 17.0 Å². The zero-order valence-electron chi connectivity index (χ0n) is 21.3. The number of hydrogen-bond donors (Lipinski definition) is 2. The molecule has 1 aromatic carbocycles. The number of anilines is 1. The molecule has 1 amide bonds. The number of amides is 1. The average Bonchev–Trinajstić information content (AvgIpc) is 3.67. The van der Waals surface area contributed by atoms with Crippen molar-refractivity contribution in [3.8, 4) is 5.69 Å². The SMILES string of the molecule is C[C@@H](CC(=O)[C@H](O)[C@@H](O)C(=O)N1CCC[C@@H]1c1csc(N(C)S(C)(=O)=O)n1)c1ccc(-n2cccn2)cc1. The smallest absolute Gasteiger partial charge is 0.255 e. The summed E-state index contributed by atoms with van der Waals surface area (Å²) < 4.78 is 26.4. The average molecular weight is 562 g/mol. The van der Waals surface area contributed by atoms with Crippen molar-refractivity contribution in [1.82, 2.24) is 19.7 Å². The first kappa shape index (κ1) is 27.9. The van der Waals surface area contributed by atoms with Crippen molar-refractivity contribution in [2.45, 2.75) is 50.4 Å². The number of Topliss-reactive ketones (excluding diaryl/α,β-unsaturated/α-hetero) is 1. The van der Waals surface area contributed by atoms with E-state index in [1.807, 2.05) is 43.5 Å². The Morgan fingerprint density at radius 2 is 1.92 bits per heavy atom. The molecule has 13 heteroatoms. The van der Waals surface area contributed by atoms with Crippen molar-refractivity contribution in [2.75, 3.05) is 24.2 Å². The first-order valence-electron chi connectivity index (χ1n) is 12.2. The van der Waals surface area contributed by atoms with Crippen LogP contribution in [0.4, 0.5) is 5.13 Å². The van der Waals surface area contributed by atoms with Gasteiger partial charge >= 0.3 is 0 Å². The molecule has 1 aliphatic heterocycles. The van der Waals surface area contributed by atoms with Crippen LogP contribution >= 0.6 is 11.3 Å². The molecule has 1 saturated heterocycles. The zero-order chi connectivity index (χ0) is 27.6. The Morgan fingerprint density at radius 1 is 1.21 bits per heavy atom. The number of nitrogens with zero attached hydrogens (tertiary/aromatic N) is 5. The number of sulfonamides is 1. The summed E-state index contributed by atoms with van der Waals surface area (Å²) in [6, 6.07) is 8.85. The Kier molecular flexibility index (Phi) is 8.31. The van der Waals surface area contributed by atoms with E-state index in [1.54, 1.807) is 16.3 Å². The zero-order valence-corrected chi connectivity index (χ0v) is 23.0. The number of rotatable bonds is 10. The highest BCUT2D eigenvalue weighted by Gasteiger charge is 2.39. The van der Waals surface area contributed by atoms with Gasteiger partial charge in [-0.25, -0.2) is 22.4 Å². The molecule has 38 heavy (non-hydrogen) atoms. The van der Waals surface area contributed by atoms with Crippen LogP contribution in [0.15, 0.2) is 48.1 Å². The van der Waals surface area contributed by atoms with E-state index in [4.69, 9.17) is 0 Å². The summed E-state index contributed by atoms with van der Waals surface area (Å²) in [5, 5.41) is 27.3. The van der Waals surface area contributed by atoms with Gasteiger partial charge in [0.25, 0.3) is 5.91 Å². The molecule has 4 rings (SSSR count). The van der Waals surface area contributed by atoms with Crippen LogP contribution < -0.4 is 4.31 Å². The molecule has 3 heterocycles. The minimum Gasteiger partial charge on any atom is -0.382 e. The van der Waals surface area contributed by atoms with Crippen molar-refractivity contribution in [1.29, 1.82) is 0 Å². The Bertz CT molecular complexity index is 1370. The molecule has 204 valence electrons. The quantitative estimate of drug-likeness (QED) is 0.382. The molecule has 0 unspecified atom stereocenters. The summed E-state index contributed by atoms with van der Waals surface area (Å²) in [5.74, 6) is -1.63. The lowest BCUT2D eigenvalue weighted by Crippen LogP contribution is -2.47. The van der Waals surface area contributed by atoms with Crippen LogP contribution in [0.3, 0.4) is 0 Å². The maximum Gasteiger partial charge on any atom is 0.255 e. The maximum absolute atomic E-state index is 13.1. The fourth-order valence-electron chi connectivity index (χ4n) is 4.45. The monoisotopic (exact) mass is 561 g/mol. The number of aliphatic hydroxyl groups excluding tert-OH is 2. The highest BCUT2D eigenvalue weighted by Crippen LogP contribution is 2.35. The van der Waals surface area contributed by atoms with E-state index in [-0.39, 0.29) is 17.5 Å². The van der Waals surface area contributed by atoms with Gasteiger partial charge in [0.05, 0.1) is 23.7 Å².